The Labute approximate surface area is 168 Å². The van der Waals surface area contributed by atoms with Crippen molar-refractivity contribution in [3.63, 3.8) is 0 Å². The third kappa shape index (κ3) is 6.38. The first-order valence-electron chi connectivity index (χ1n) is 10.7. The van der Waals surface area contributed by atoms with Gasteiger partial charge >= 0.3 is 6.09 Å². The molecule has 0 spiro atoms. The molecule has 2 aliphatic rings. The van der Waals surface area contributed by atoms with Gasteiger partial charge in [0.05, 0.1) is 0 Å². The molecule has 7 heteroatoms. The van der Waals surface area contributed by atoms with Crippen LogP contribution < -0.4 is 10.6 Å². The summed E-state index contributed by atoms with van der Waals surface area (Å²) in [7, 11) is 0. The van der Waals surface area contributed by atoms with Gasteiger partial charge in [0.25, 0.3) is 0 Å². The minimum atomic E-state index is -0.710. The van der Waals surface area contributed by atoms with Crippen LogP contribution in [0.3, 0.4) is 0 Å². The number of carbonyl (C=O) groups excluding carboxylic acids is 3. The van der Waals surface area contributed by atoms with Crippen LogP contribution in [0.15, 0.2) is 0 Å². The maximum atomic E-state index is 13.2. The summed E-state index contributed by atoms with van der Waals surface area (Å²) >= 11 is 0. The van der Waals surface area contributed by atoms with Gasteiger partial charge in [0.15, 0.2) is 0 Å². The molecule has 2 N–H and O–H groups in total. The number of hydrogen-bond acceptors (Lipinski definition) is 4. The molecule has 160 valence electrons. The van der Waals surface area contributed by atoms with Crippen molar-refractivity contribution in [3.05, 3.63) is 0 Å². The molecule has 2 atom stereocenters. The van der Waals surface area contributed by atoms with Crippen molar-refractivity contribution in [3.8, 4) is 0 Å². The average Bonchev–Trinajstić information content (AvgIpc) is 3.08. The van der Waals surface area contributed by atoms with Crippen molar-refractivity contribution >= 4 is 17.9 Å². The van der Waals surface area contributed by atoms with Crippen LogP contribution in [0.4, 0.5) is 4.79 Å². The number of amides is 3. The van der Waals surface area contributed by atoms with Gasteiger partial charge in [-0.05, 0) is 52.4 Å². The summed E-state index contributed by atoms with van der Waals surface area (Å²) in [6, 6.07) is -0.936. The van der Waals surface area contributed by atoms with Crippen LogP contribution in [0.25, 0.3) is 0 Å². The highest BCUT2D eigenvalue weighted by Gasteiger charge is 2.39. The van der Waals surface area contributed by atoms with Crippen molar-refractivity contribution in [2.75, 3.05) is 6.54 Å². The Kier molecular flexibility index (Phi) is 7.72. The highest BCUT2D eigenvalue weighted by Crippen LogP contribution is 2.23. The standard InChI is InChI=1S/C21H37N3O4/c1-14(2)17(23-20(27)28-21(3,4)5)19(26)24-13-9-12-16(24)18(25)22-15-10-7-6-8-11-15/h14-17H,6-13H2,1-5H3,(H,22,25)(H,23,27). The Hall–Kier alpha value is -1.79. The van der Waals surface area contributed by atoms with E-state index >= 15 is 0 Å². The van der Waals surface area contributed by atoms with E-state index in [0.29, 0.717) is 13.0 Å². The maximum absolute atomic E-state index is 13.2. The van der Waals surface area contributed by atoms with E-state index in [1.165, 1.54) is 6.42 Å². The van der Waals surface area contributed by atoms with E-state index in [2.05, 4.69) is 10.6 Å². The molecule has 0 aromatic carbocycles. The van der Waals surface area contributed by atoms with E-state index in [1.54, 1.807) is 25.7 Å². The number of ether oxygens (including phenoxy) is 1. The van der Waals surface area contributed by atoms with Crippen LogP contribution in [0.2, 0.25) is 0 Å². The highest BCUT2D eigenvalue weighted by atomic mass is 16.6. The zero-order valence-electron chi connectivity index (χ0n) is 18.0. The monoisotopic (exact) mass is 395 g/mol. The molecular weight excluding hydrogens is 358 g/mol. The van der Waals surface area contributed by atoms with Crippen molar-refractivity contribution in [2.24, 2.45) is 5.92 Å². The number of hydrogen-bond donors (Lipinski definition) is 2. The molecule has 2 unspecified atom stereocenters. The third-order valence-corrected chi connectivity index (χ3v) is 5.40. The summed E-state index contributed by atoms with van der Waals surface area (Å²) in [5, 5.41) is 5.85. The number of rotatable bonds is 5. The van der Waals surface area contributed by atoms with Gasteiger partial charge in [0.2, 0.25) is 11.8 Å². The van der Waals surface area contributed by atoms with E-state index in [0.717, 1.165) is 32.1 Å². The van der Waals surface area contributed by atoms with E-state index in [1.807, 2.05) is 13.8 Å². The average molecular weight is 396 g/mol. The number of carbonyl (C=O) groups is 3. The predicted molar refractivity (Wildman–Crippen MR) is 108 cm³/mol. The first kappa shape index (κ1) is 22.5. The van der Waals surface area contributed by atoms with Crippen LogP contribution >= 0.6 is 0 Å². The molecule has 2 fully saturated rings. The highest BCUT2D eigenvalue weighted by molar-refractivity contribution is 5.92. The summed E-state index contributed by atoms with van der Waals surface area (Å²) in [5.74, 6) is -0.373. The molecular formula is C21H37N3O4. The normalized spacial score (nSPS) is 22.1. The molecule has 28 heavy (non-hydrogen) atoms. The Balaban J connectivity index is 2.01. The lowest BCUT2D eigenvalue weighted by atomic mass is 9.95. The van der Waals surface area contributed by atoms with E-state index in [-0.39, 0.29) is 23.8 Å². The van der Waals surface area contributed by atoms with Gasteiger partial charge in [0.1, 0.15) is 17.7 Å². The Bertz CT molecular complexity index is 564. The van der Waals surface area contributed by atoms with Gasteiger partial charge in [-0.1, -0.05) is 33.1 Å². The van der Waals surface area contributed by atoms with E-state index in [4.69, 9.17) is 4.74 Å². The third-order valence-electron chi connectivity index (χ3n) is 5.40. The first-order chi connectivity index (χ1) is 13.1. The minimum Gasteiger partial charge on any atom is -0.444 e. The topological polar surface area (TPSA) is 87.7 Å². The lowest BCUT2D eigenvalue weighted by Crippen LogP contribution is -2.56. The lowest BCUT2D eigenvalue weighted by Gasteiger charge is -2.32. The quantitative estimate of drug-likeness (QED) is 0.749. The predicted octanol–water partition coefficient (Wildman–Crippen LogP) is 2.98. The first-order valence-corrected chi connectivity index (χ1v) is 10.7. The molecule has 0 aromatic heterocycles. The van der Waals surface area contributed by atoms with Gasteiger partial charge < -0.3 is 20.3 Å². The van der Waals surface area contributed by atoms with Gasteiger partial charge in [-0.2, -0.15) is 0 Å². The van der Waals surface area contributed by atoms with Gasteiger partial charge in [-0.3, -0.25) is 9.59 Å². The molecule has 1 saturated heterocycles. The smallest absolute Gasteiger partial charge is 0.408 e. The summed E-state index contributed by atoms with van der Waals surface area (Å²) in [5.41, 5.74) is -0.634. The molecule has 1 aliphatic carbocycles. The summed E-state index contributed by atoms with van der Waals surface area (Å²) < 4.78 is 5.31. The van der Waals surface area contributed by atoms with E-state index < -0.39 is 23.8 Å². The number of alkyl carbamates (subject to hydrolysis) is 1. The largest absolute Gasteiger partial charge is 0.444 e. The molecule has 0 radical (unpaired) electrons. The Morgan fingerprint density at radius 3 is 2.21 bits per heavy atom. The van der Waals surface area contributed by atoms with Crippen LogP contribution in [0.5, 0.6) is 0 Å². The summed E-state index contributed by atoms with van der Waals surface area (Å²) in [6.45, 7) is 9.65. The van der Waals surface area contributed by atoms with Gasteiger partial charge in [-0.25, -0.2) is 4.79 Å². The number of likely N-dealkylation sites (tertiary alicyclic amines) is 1. The second-order valence-electron chi connectivity index (χ2n) is 9.40. The fourth-order valence-electron chi connectivity index (χ4n) is 3.97. The minimum absolute atomic E-state index is 0.0578. The molecule has 1 aliphatic heterocycles. The SMILES string of the molecule is CC(C)C(NC(=O)OC(C)(C)C)C(=O)N1CCCC1C(=O)NC1CCCCC1. The zero-order valence-corrected chi connectivity index (χ0v) is 18.0. The Morgan fingerprint density at radius 2 is 1.64 bits per heavy atom. The summed E-state index contributed by atoms with van der Waals surface area (Å²) in [4.78, 5) is 39.8. The van der Waals surface area contributed by atoms with Gasteiger partial charge in [0, 0.05) is 12.6 Å². The molecule has 0 aromatic rings. The maximum Gasteiger partial charge on any atom is 0.408 e. The number of nitrogens with zero attached hydrogens (tertiary/aromatic N) is 1. The van der Waals surface area contributed by atoms with Crippen LogP contribution in [-0.2, 0) is 14.3 Å². The van der Waals surface area contributed by atoms with Crippen LogP contribution in [0, 0.1) is 5.92 Å². The molecule has 7 nitrogen and oxygen atoms in total. The molecule has 1 saturated carbocycles. The summed E-state index contributed by atoms with van der Waals surface area (Å²) in [6.07, 6.45) is 6.41. The molecule has 2 rings (SSSR count). The second-order valence-corrected chi connectivity index (χ2v) is 9.40. The van der Waals surface area contributed by atoms with Crippen molar-refractivity contribution in [2.45, 2.75) is 103 Å². The molecule has 1 heterocycles. The Morgan fingerprint density at radius 1 is 1.00 bits per heavy atom. The molecule has 3 amide bonds. The van der Waals surface area contributed by atoms with Crippen molar-refractivity contribution in [1.82, 2.24) is 15.5 Å². The molecule has 0 bridgehead atoms. The van der Waals surface area contributed by atoms with Crippen LogP contribution in [0.1, 0.15) is 79.6 Å². The van der Waals surface area contributed by atoms with Crippen molar-refractivity contribution < 1.29 is 19.1 Å². The lowest BCUT2D eigenvalue weighted by molar-refractivity contribution is -0.141. The fraction of sp³-hybridized carbons (Fsp3) is 0.857. The fourth-order valence-corrected chi connectivity index (χ4v) is 3.97. The van der Waals surface area contributed by atoms with Crippen molar-refractivity contribution in [1.29, 1.82) is 0 Å². The second kappa shape index (κ2) is 9.61. The van der Waals surface area contributed by atoms with Gasteiger partial charge in [-0.15, -0.1) is 0 Å². The zero-order chi connectivity index (χ0) is 20.9. The van der Waals surface area contributed by atoms with E-state index in [9.17, 15) is 14.4 Å². The van der Waals surface area contributed by atoms with Crippen LogP contribution in [-0.4, -0.2) is 53.1 Å². The number of nitrogens with one attached hydrogen (secondary N) is 2.